The molecule has 2 rings (SSSR count). The molecule has 1 aliphatic rings. The van der Waals surface area contributed by atoms with E-state index in [0.29, 0.717) is 5.92 Å². The van der Waals surface area contributed by atoms with Crippen LogP contribution in [0.5, 0.6) is 0 Å². The molecule has 0 aromatic heterocycles. The molecule has 1 atom stereocenters. The number of benzene rings is 1. The predicted molar refractivity (Wildman–Crippen MR) is 64.3 cm³/mol. The standard InChI is InChI=1S/C14H20O2/c1-2-11-4-3-5-13(10-11)14(15)12-6-8-16-9-7-12/h3-5,10,12,14-15H,2,6-9H2,1H3. The first kappa shape index (κ1) is 11.6. The second kappa shape index (κ2) is 5.46. The van der Waals surface area contributed by atoms with Crippen molar-refractivity contribution in [2.24, 2.45) is 5.92 Å². The van der Waals surface area contributed by atoms with Crippen molar-refractivity contribution in [1.29, 1.82) is 0 Å². The fraction of sp³-hybridized carbons (Fsp3) is 0.571. The van der Waals surface area contributed by atoms with E-state index in [9.17, 15) is 5.11 Å². The van der Waals surface area contributed by atoms with Gasteiger partial charge in [0, 0.05) is 13.2 Å². The smallest absolute Gasteiger partial charge is 0.0820 e. The maximum Gasteiger partial charge on any atom is 0.0820 e. The van der Waals surface area contributed by atoms with Gasteiger partial charge in [0.15, 0.2) is 0 Å². The van der Waals surface area contributed by atoms with Crippen LogP contribution in [0.4, 0.5) is 0 Å². The summed E-state index contributed by atoms with van der Waals surface area (Å²) in [7, 11) is 0. The van der Waals surface area contributed by atoms with Crippen molar-refractivity contribution in [2.75, 3.05) is 13.2 Å². The van der Waals surface area contributed by atoms with Crippen LogP contribution in [0.1, 0.15) is 37.0 Å². The largest absolute Gasteiger partial charge is 0.388 e. The lowest BCUT2D eigenvalue weighted by Crippen LogP contribution is -2.22. The Balaban J connectivity index is 2.09. The van der Waals surface area contributed by atoms with Crippen molar-refractivity contribution in [3.63, 3.8) is 0 Å². The van der Waals surface area contributed by atoms with Crippen molar-refractivity contribution in [3.05, 3.63) is 35.4 Å². The van der Waals surface area contributed by atoms with E-state index in [2.05, 4.69) is 19.1 Å². The highest BCUT2D eigenvalue weighted by atomic mass is 16.5. The van der Waals surface area contributed by atoms with Crippen molar-refractivity contribution in [3.8, 4) is 0 Å². The van der Waals surface area contributed by atoms with Gasteiger partial charge in [-0.1, -0.05) is 31.2 Å². The summed E-state index contributed by atoms with van der Waals surface area (Å²) in [6, 6.07) is 8.30. The van der Waals surface area contributed by atoms with Gasteiger partial charge in [-0.3, -0.25) is 0 Å². The number of hydrogen-bond acceptors (Lipinski definition) is 2. The Morgan fingerprint density at radius 3 is 2.81 bits per heavy atom. The van der Waals surface area contributed by atoms with Gasteiger partial charge in [0.05, 0.1) is 6.10 Å². The van der Waals surface area contributed by atoms with Crippen molar-refractivity contribution in [1.82, 2.24) is 0 Å². The van der Waals surface area contributed by atoms with E-state index >= 15 is 0 Å². The molecule has 1 aliphatic heterocycles. The summed E-state index contributed by atoms with van der Waals surface area (Å²) in [5, 5.41) is 10.3. The van der Waals surface area contributed by atoms with Crippen molar-refractivity contribution >= 4 is 0 Å². The highest BCUT2D eigenvalue weighted by molar-refractivity contribution is 5.25. The minimum atomic E-state index is -0.324. The third-order valence-corrected chi connectivity index (χ3v) is 3.41. The third kappa shape index (κ3) is 2.63. The second-order valence-electron chi connectivity index (χ2n) is 4.49. The SMILES string of the molecule is CCc1cccc(C(O)C2CCOCC2)c1. The van der Waals surface area contributed by atoms with E-state index in [1.54, 1.807) is 0 Å². The van der Waals surface area contributed by atoms with Gasteiger partial charge >= 0.3 is 0 Å². The van der Waals surface area contributed by atoms with Gasteiger partial charge < -0.3 is 9.84 Å². The number of hydrogen-bond donors (Lipinski definition) is 1. The van der Waals surface area contributed by atoms with Crippen molar-refractivity contribution < 1.29 is 9.84 Å². The van der Waals surface area contributed by atoms with Gasteiger partial charge in [0.1, 0.15) is 0 Å². The second-order valence-corrected chi connectivity index (χ2v) is 4.49. The summed E-state index contributed by atoms with van der Waals surface area (Å²) in [6.45, 7) is 3.71. The molecule has 1 aromatic carbocycles. The molecule has 0 radical (unpaired) electrons. The van der Waals surface area contributed by atoms with Gasteiger partial charge in [0.25, 0.3) is 0 Å². The lowest BCUT2D eigenvalue weighted by Gasteiger charge is -2.27. The van der Waals surface area contributed by atoms with Gasteiger partial charge in [-0.15, -0.1) is 0 Å². The zero-order valence-electron chi connectivity index (χ0n) is 9.86. The van der Waals surface area contributed by atoms with Crippen LogP contribution < -0.4 is 0 Å². The normalized spacial score (nSPS) is 19.6. The number of aliphatic hydroxyl groups excluding tert-OH is 1. The first-order valence-electron chi connectivity index (χ1n) is 6.16. The minimum absolute atomic E-state index is 0.324. The Kier molecular flexibility index (Phi) is 3.97. The molecule has 1 aromatic rings. The Bertz CT molecular complexity index is 329. The van der Waals surface area contributed by atoms with Crippen LogP contribution >= 0.6 is 0 Å². The molecular weight excluding hydrogens is 200 g/mol. The van der Waals surface area contributed by atoms with E-state index < -0.39 is 0 Å². The Labute approximate surface area is 97.3 Å². The molecule has 1 heterocycles. The minimum Gasteiger partial charge on any atom is -0.388 e. The van der Waals surface area contributed by atoms with Crippen LogP contribution in [0.25, 0.3) is 0 Å². The Hall–Kier alpha value is -0.860. The van der Waals surface area contributed by atoms with E-state index in [4.69, 9.17) is 4.74 Å². The zero-order valence-corrected chi connectivity index (χ0v) is 9.86. The molecule has 1 saturated heterocycles. The Morgan fingerprint density at radius 2 is 2.12 bits per heavy atom. The zero-order chi connectivity index (χ0) is 11.4. The lowest BCUT2D eigenvalue weighted by atomic mass is 9.89. The molecule has 0 spiro atoms. The van der Waals surface area contributed by atoms with E-state index in [1.165, 1.54) is 5.56 Å². The molecule has 1 N–H and O–H groups in total. The summed E-state index contributed by atoms with van der Waals surface area (Å²) in [5.41, 5.74) is 2.36. The summed E-state index contributed by atoms with van der Waals surface area (Å²) >= 11 is 0. The van der Waals surface area contributed by atoms with E-state index in [1.807, 2.05) is 12.1 Å². The molecule has 1 fully saturated rings. The van der Waals surface area contributed by atoms with Gasteiger partial charge in [-0.2, -0.15) is 0 Å². The molecule has 0 bridgehead atoms. The fourth-order valence-electron chi connectivity index (χ4n) is 2.30. The molecular formula is C14H20O2. The van der Waals surface area contributed by atoms with Crippen LogP contribution in [0.2, 0.25) is 0 Å². The molecule has 88 valence electrons. The maximum absolute atomic E-state index is 10.3. The highest BCUT2D eigenvalue weighted by Gasteiger charge is 2.23. The summed E-state index contributed by atoms with van der Waals surface area (Å²) < 4.78 is 5.32. The van der Waals surface area contributed by atoms with Crippen LogP contribution in [0, 0.1) is 5.92 Å². The quantitative estimate of drug-likeness (QED) is 0.848. The van der Waals surface area contributed by atoms with Crippen LogP contribution in [-0.2, 0) is 11.2 Å². The Morgan fingerprint density at radius 1 is 1.38 bits per heavy atom. The fourth-order valence-corrected chi connectivity index (χ4v) is 2.30. The van der Waals surface area contributed by atoms with Gasteiger partial charge in [-0.25, -0.2) is 0 Å². The number of aryl methyl sites for hydroxylation is 1. The molecule has 2 nitrogen and oxygen atoms in total. The molecule has 0 amide bonds. The molecule has 1 unspecified atom stereocenters. The summed E-state index contributed by atoms with van der Waals surface area (Å²) in [4.78, 5) is 0. The highest BCUT2D eigenvalue weighted by Crippen LogP contribution is 2.30. The number of rotatable bonds is 3. The molecule has 0 saturated carbocycles. The van der Waals surface area contributed by atoms with Gasteiger partial charge in [-0.05, 0) is 36.3 Å². The van der Waals surface area contributed by atoms with Gasteiger partial charge in [0.2, 0.25) is 0 Å². The summed E-state index contributed by atoms with van der Waals surface area (Å²) in [6.07, 6.45) is 2.64. The summed E-state index contributed by atoms with van der Waals surface area (Å²) in [5.74, 6) is 0.362. The molecule has 16 heavy (non-hydrogen) atoms. The predicted octanol–water partition coefficient (Wildman–Crippen LogP) is 2.71. The van der Waals surface area contributed by atoms with E-state index in [-0.39, 0.29) is 6.10 Å². The first-order chi connectivity index (χ1) is 7.81. The first-order valence-corrected chi connectivity index (χ1v) is 6.16. The van der Waals surface area contributed by atoms with Crippen molar-refractivity contribution in [2.45, 2.75) is 32.3 Å². The van der Waals surface area contributed by atoms with Crippen LogP contribution in [-0.4, -0.2) is 18.3 Å². The lowest BCUT2D eigenvalue weighted by molar-refractivity contribution is 0.00716. The number of aliphatic hydroxyl groups is 1. The molecule has 2 heteroatoms. The third-order valence-electron chi connectivity index (χ3n) is 3.41. The average Bonchev–Trinajstić information content (AvgIpc) is 2.39. The average molecular weight is 220 g/mol. The number of ether oxygens (including phenoxy) is 1. The van der Waals surface area contributed by atoms with Crippen LogP contribution in [0.15, 0.2) is 24.3 Å². The maximum atomic E-state index is 10.3. The topological polar surface area (TPSA) is 29.5 Å². The monoisotopic (exact) mass is 220 g/mol. The van der Waals surface area contributed by atoms with E-state index in [0.717, 1.165) is 38.0 Å². The van der Waals surface area contributed by atoms with Crippen LogP contribution in [0.3, 0.4) is 0 Å². The molecule has 0 aliphatic carbocycles.